The minimum absolute atomic E-state index is 0.0950. The smallest absolute Gasteiger partial charge is 0.254 e. The Morgan fingerprint density at radius 3 is 2.56 bits per heavy atom. The number of nitrogens with one attached hydrogen (secondary N) is 1. The van der Waals surface area contributed by atoms with Crippen molar-refractivity contribution in [1.29, 1.82) is 0 Å². The number of ether oxygens (including phenoxy) is 3. The summed E-state index contributed by atoms with van der Waals surface area (Å²) in [5.41, 5.74) is 1.25. The second-order valence-electron chi connectivity index (χ2n) is 8.55. The predicted molar refractivity (Wildman–Crippen MR) is 134 cm³/mol. The van der Waals surface area contributed by atoms with E-state index in [0.717, 1.165) is 5.69 Å². The number of methoxy groups -OCH3 is 2. The van der Waals surface area contributed by atoms with E-state index < -0.39 is 0 Å². The molecule has 2 aromatic rings. The van der Waals surface area contributed by atoms with Gasteiger partial charge in [0.05, 0.1) is 26.9 Å². The van der Waals surface area contributed by atoms with E-state index in [1.807, 2.05) is 9.80 Å². The third kappa shape index (κ3) is 6.80. The van der Waals surface area contributed by atoms with Crippen LogP contribution in [0.15, 0.2) is 42.5 Å². The first-order valence-corrected chi connectivity index (χ1v) is 11.7. The summed E-state index contributed by atoms with van der Waals surface area (Å²) in [6.45, 7) is 6.84. The number of nitrogens with zero attached hydrogens (tertiary/aromatic N) is 2. The van der Waals surface area contributed by atoms with Gasteiger partial charge in [-0.05, 0) is 60.6 Å². The Bertz CT molecular complexity index is 987. The summed E-state index contributed by atoms with van der Waals surface area (Å²) >= 11 is 5.56. The van der Waals surface area contributed by atoms with E-state index in [1.165, 1.54) is 12.1 Å². The lowest BCUT2D eigenvalue weighted by Gasteiger charge is -2.37. The fourth-order valence-electron chi connectivity index (χ4n) is 3.83. The van der Waals surface area contributed by atoms with E-state index in [1.54, 1.807) is 44.6 Å². The first kappa shape index (κ1) is 25.7. The molecule has 2 aromatic carbocycles. The van der Waals surface area contributed by atoms with Crippen LogP contribution in [0.3, 0.4) is 0 Å². The molecule has 0 aliphatic carbocycles. The van der Waals surface area contributed by atoms with Gasteiger partial charge in [0.1, 0.15) is 5.82 Å². The molecule has 34 heavy (non-hydrogen) atoms. The zero-order valence-electron chi connectivity index (χ0n) is 20.0. The van der Waals surface area contributed by atoms with Gasteiger partial charge in [0.2, 0.25) is 0 Å². The highest BCUT2D eigenvalue weighted by atomic mass is 32.1. The average Bonchev–Trinajstić information content (AvgIpc) is 2.84. The Kier molecular flexibility index (Phi) is 9.06. The van der Waals surface area contributed by atoms with Crippen LogP contribution in [-0.2, 0) is 4.74 Å². The number of hydrogen-bond donors (Lipinski definition) is 1. The Balaban J connectivity index is 1.68. The maximum Gasteiger partial charge on any atom is 0.254 e. The van der Waals surface area contributed by atoms with Crippen molar-refractivity contribution in [1.82, 2.24) is 9.80 Å². The summed E-state index contributed by atoms with van der Waals surface area (Å²) in [5.74, 6) is 0.970. The van der Waals surface area contributed by atoms with Crippen molar-refractivity contribution in [3.63, 3.8) is 0 Å². The standard InChI is InChI=1S/C25H32FN3O4S/c1-17(2)14-29(24(30)18-5-10-22(31-3)23(13-18)32-4)16-21-15-28(11-12-33-21)25(34)27-20-8-6-19(26)7-9-20/h5-10,13,17,21H,11-12,14-16H2,1-4H3,(H,27,34)/t21-/m0/s1. The number of carbonyl (C=O) groups excluding carboxylic acids is 1. The number of rotatable bonds is 8. The van der Waals surface area contributed by atoms with Crippen LogP contribution in [0.25, 0.3) is 0 Å². The Morgan fingerprint density at radius 1 is 1.21 bits per heavy atom. The molecule has 1 heterocycles. The second kappa shape index (κ2) is 12.0. The van der Waals surface area contributed by atoms with Crippen molar-refractivity contribution < 1.29 is 23.4 Å². The lowest BCUT2D eigenvalue weighted by Crippen LogP contribution is -2.52. The summed E-state index contributed by atoms with van der Waals surface area (Å²) in [6, 6.07) is 11.2. The quantitative estimate of drug-likeness (QED) is 0.562. The van der Waals surface area contributed by atoms with Crippen LogP contribution in [0, 0.1) is 11.7 Å². The lowest BCUT2D eigenvalue weighted by atomic mass is 10.1. The molecule has 0 bridgehead atoms. The zero-order chi connectivity index (χ0) is 24.7. The number of anilines is 1. The first-order chi connectivity index (χ1) is 16.3. The summed E-state index contributed by atoms with van der Waals surface area (Å²) in [4.78, 5) is 17.2. The molecule has 1 saturated heterocycles. The van der Waals surface area contributed by atoms with E-state index in [4.69, 9.17) is 26.4 Å². The van der Waals surface area contributed by atoms with Crippen LogP contribution in [0.1, 0.15) is 24.2 Å². The van der Waals surface area contributed by atoms with Gasteiger partial charge in [-0.2, -0.15) is 0 Å². The summed E-state index contributed by atoms with van der Waals surface area (Å²) in [7, 11) is 3.11. The molecule has 1 aliphatic heterocycles. The molecule has 9 heteroatoms. The Hall–Kier alpha value is -2.91. The van der Waals surface area contributed by atoms with Crippen molar-refractivity contribution in [2.24, 2.45) is 5.92 Å². The molecular formula is C25H32FN3O4S. The van der Waals surface area contributed by atoms with Gasteiger partial charge in [0.25, 0.3) is 5.91 Å². The number of halogens is 1. The monoisotopic (exact) mass is 489 g/mol. The molecule has 1 atom stereocenters. The number of carbonyl (C=O) groups is 1. The third-order valence-electron chi connectivity index (χ3n) is 5.45. The van der Waals surface area contributed by atoms with Crippen molar-refractivity contribution in [2.45, 2.75) is 20.0 Å². The Morgan fingerprint density at radius 2 is 1.91 bits per heavy atom. The first-order valence-electron chi connectivity index (χ1n) is 11.2. The van der Waals surface area contributed by atoms with Gasteiger partial charge in [-0.3, -0.25) is 4.79 Å². The van der Waals surface area contributed by atoms with Crippen molar-refractivity contribution >= 4 is 28.9 Å². The van der Waals surface area contributed by atoms with E-state index >= 15 is 0 Å². The zero-order valence-corrected chi connectivity index (χ0v) is 20.9. The number of amides is 1. The maximum atomic E-state index is 13.4. The minimum atomic E-state index is -0.299. The normalized spacial score (nSPS) is 15.7. The van der Waals surface area contributed by atoms with Gasteiger partial charge < -0.3 is 29.3 Å². The van der Waals surface area contributed by atoms with Crippen LogP contribution in [0.2, 0.25) is 0 Å². The van der Waals surface area contributed by atoms with E-state index in [2.05, 4.69) is 19.2 Å². The van der Waals surface area contributed by atoms with Crippen LogP contribution in [0.4, 0.5) is 10.1 Å². The van der Waals surface area contributed by atoms with Crippen LogP contribution < -0.4 is 14.8 Å². The molecule has 0 spiro atoms. The molecule has 1 N–H and O–H groups in total. The second-order valence-corrected chi connectivity index (χ2v) is 8.94. The number of thiocarbonyl (C=S) groups is 1. The molecule has 184 valence electrons. The predicted octanol–water partition coefficient (Wildman–Crippen LogP) is 4.04. The summed E-state index contributed by atoms with van der Waals surface area (Å²) in [6.07, 6.45) is -0.204. The molecule has 1 aliphatic rings. The maximum absolute atomic E-state index is 13.4. The molecule has 1 amide bonds. The Labute approximate surface area is 205 Å². The molecule has 0 radical (unpaired) electrons. The molecule has 1 fully saturated rings. The van der Waals surface area contributed by atoms with E-state index in [0.29, 0.717) is 55.0 Å². The van der Waals surface area contributed by atoms with Gasteiger partial charge in [0, 0.05) is 37.4 Å². The van der Waals surface area contributed by atoms with Crippen molar-refractivity contribution in [2.75, 3.05) is 52.3 Å². The summed E-state index contributed by atoms with van der Waals surface area (Å²) in [5, 5.41) is 3.69. The van der Waals surface area contributed by atoms with E-state index in [9.17, 15) is 9.18 Å². The van der Waals surface area contributed by atoms with Crippen molar-refractivity contribution in [3.05, 3.63) is 53.8 Å². The van der Waals surface area contributed by atoms with Gasteiger partial charge in [0.15, 0.2) is 16.6 Å². The highest BCUT2D eigenvalue weighted by Gasteiger charge is 2.27. The topological polar surface area (TPSA) is 63.3 Å². The number of hydrogen-bond acceptors (Lipinski definition) is 5. The largest absolute Gasteiger partial charge is 0.493 e. The lowest BCUT2D eigenvalue weighted by molar-refractivity contribution is -0.0215. The number of morpholine rings is 1. The molecule has 0 unspecified atom stereocenters. The van der Waals surface area contributed by atoms with Crippen LogP contribution in [0.5, 0.6) is 11.5 Å². The summed E-state index contributed by atoms with van der Waals surface area (Å²) < 4.78 is 29.8. The molecule has 7 nitrogen and oxygen atoms in total. The minimum Gasteiger partial charge on any atom is -0.493 e. The molecule has 0 aromatic heterocycles. The average molecular weight is 490 g/mol. The fourth-order valence-corrected chi connectivity index (χ4v) is 4.11. The van der Waals surface area contributed by atoms with Crippen LogP contribution >= 0.6 is 12.2 Å². The van der Waals surface area contributed by atoms with Gasteiger partial charge in [-0.1, -0.05) is 13.8 Å². The molecular weight excluding hydrogens is 457 g/mol. The molecule has 3 rings (SSSR count). The van der Waals surface area contributed by atoms with Gasteiger partial charge >= 0.3 is 0 Å². The van der Waals surface area contributed by atoms with Gasteiger partial charge in [-0.25, -0.2) is 4.39 Å². The van der Waals surface area contributed by atoms with E-state index in [-0.39, 0.29) is 23.7 Å². The van der Waals surface area contributed by atoms with Crippen molar-refractivity contribution in [3.8, 4) is 11.5 Å². The fraction of sp³-hybridized carbons (Fsp3) is 0.440. The van der Waals surface area contributed by atoms with Crippen LogP contribution in [-0.4, -0.2) is 73.9 Å². The molecule has 0 saturated carbocycles. The highest BCUT2D eigenvalue weighted by molar-refractivity contribution is 7.80. The SMILES string of the molecule is COc1ccc(C(=O)N(CC(C)C)C[C@@H]2CN(C(=S)Nc3ccc(F)cc3)CCO2)cc1OC. The third-order valence-corrected chi connectivity index (χ3v) is 5.81. The number of benzene rings is 2. The highest BCUT2D eigenvalue weighted by Crippen LogP contribution is 2.28. The van der Waals surface area contributed by atoms with Gasteiger partial charge in [-0.15, -0.1) is 0 Å².